The fourth-order valence-corrected chi connectivity index (χ4v) is 1.54. The van der Waals surface area contributed by atoms with Crippen molar-refractivity contribution in [2.45, 2.75) is 31.7 Å². The summed E-state index contributed by atoms with van der Waals surface area (Å²) < 4.78 is 0. The fraction of sp³-hybridized carbons (Fsp3) is 0.417. The summed E-state index contributed by atoms with van der Waals surface area (Å²) in [6.45, 7) is 0. The van der Waals surface area contributed by atoms with Gasteiger partial charge in [0, 0.05) is 6.04 Å². The van der Waals surface area contributed by atoms with E-state index in [9.17, 15) is 4.79 Å². The molecule has 0 spiro atoms. The molecule has 1 aromatic rings. The Kier molecular flexibility index (Phi) is 7.60. The summed E-state index contributed by atoms with van der Waals surface area (Å²) in [6, 6.07) is 9.93. The zero-order valence-corrected chi connectivity index (χ0v) is 9.95. The quantitative estimate of drug-likeness (QED) is 0.806. The highest BCUT2D eigenvalue weighted by atomic mass is 35.5. The minimum absolute atomic E-state index is 0. The van der Waals surface area contributed by atoms with Gasteiger partial charge in [0.15, 0.2) is 0 Å². The Morgan fingerprint density at radius 1 is 1.31 bits per heavy atom. The monoisotopic (exact) mass is 243 g/mol. The highest BCUT2D eigenvalue weighted by Gasteiger charge is 2.07. The summed E-state index contributed by atoms with van der Waals surface area (Å²) in [5.41, 5.74) is 6.94. The third-order valence-corrected chi connectivity index (χ3v) is 2.32. The minimum Gasteiger partial charge on any atom is -0.481 e. The maximum Gasteiger partial charge on any atom is 0.304 e. The second-order valence-corrected chi connectivity index (χ2v) is 3.74. The van der Waals surface area contributed by atoms with Crippen molar-refractivity contribution in [3.8, 4) is 0 Å². The molecule has 0 aliphatic heterocycles. The van der Waals surface area contributed by atoms with Gasteiger partial charge in [-0.3, -0.25) is 4.79 Å². The number of aliphatic carboxylic acids is 1. The molecular weight excluding hydrogens is 226 g/mol. The van der Waals surface area contributed by atoms with E-state index in [-0.39, 0.29) is 24.9 Å². The average molecular weight is 244 g/mol. The summed E-state index contributed by atoms with van der Waals surface area (Å²) >= 11 is 0. The van der Waals surface area contributed by atoms with Crippen molar-refractivity contribution in [3.63, 3.8) is 0 Å². The Morgan fingerprint density at radius 3 is 2.50 bits per heavy atom. The molecule has 1 aromatic carbocycles. The summed E-state index contributed by atoms with van der Waals surface area (Å²) in [5, 5.41) is 8.52. The van der Waals surface area contributed by atoms with Gasteiger partial charge in [-0.2, -0.15) is 0 Å². The van der Waals surface area contributed by atoms with Crippen LogP contribution in [0.4, 0.5) is 0 Å². The fourth-order valence-electron chi connectivity index (χ4n) is 1.54. The number of rotatable bonds is 6. The van der Waals surface area contributed by atoms with Crippen LogP contribution in [0.25, 0.3) is 0 Å². The first-order chi connectivity index (χ1) is 7.18. The minimum atomic E-state index is -0.817. The summed E-state index contributed by atoms with van der Waals surface area (Å²) in [4.78, 5) is 10.4. The lowest BCUT2D eigenvalue weighted by atomic mass is 10.0. The van der Waals surface area contributed by atoms with Crippen molar-refractivity contribution in [2.24, 2.45) is 5.73 Å². The molecule has 0 saturated carbocycles. The first kappa shape index (κ1) is 14.9. The molecule has 3 nitrogen and oxygen atoms in total. The lowest BCUT2D eigenvalue weighted by molar-refractivity contribution is -0.137. The first-order valence-corrected chi connectivity index (χ1v) is 5.20. The van der Waals surface area contributed by atoms with Gasteiger partial charge in [0.2, 0.25) is 0 Å². The van der Waals surface area contributed by atoms with Crippen LogP contribution in [0.2, 0.25) is 0 Å². The number of halogens is 1. The summed E-state index contributed by atoms with van der Waals surface area (Å²) in [7, 11) is 0. The first-order valence-electron chi connectivity index (χ1n) is 5.20. The Balaban J connectivity index is 0.00000225. The molecule has 1 atom stereocenters. The average Bonchev–Trinajstić information content (AvgIpc) is 2.18. The van der Waals surface area contributed by atoms with Gasteiger partial charge in [-0.05, 0) is 24.8 Å². The topological polar surface area (TPSA) is 63.3 Å². The number of hydrogen-bond acceptors (Lipinski definition) is 2. The van der Waals surface area contributed by atoms with Crippen LogP contribution in [0.5, 0.6) is 0 Å². The van der Waals surface area contributed by atoms with Crippen molar-refractivity contribution >= 4 is 18.4 Å². The highest BCUT2D eigenvalue weighted by molar-refractivity contribution is 5.85. The van der Waals surface area contributed by atoms with Gasteiger partial charge < -0.3 is 10.8 Å². The van der Waals surface area contributed by atoms with Crippen LogP contribution in [-0.4, -0.2) is 17.1 Å². The van der Waals surface area contributed by atoms with E-state index in [1.54, 1.807) is 0 Å². The van der Waals surface area contributed by atoms with E-state index in [0.29, 0.717) is 0 Å². The number of carboxylic acids is 1. The van der Waals surface area contributed by atoms with Gasteiger partial charge in [-0.1, -0.05) is 30.3 Å². The molecule has 0 aliphatic carbocycles. The van der Waals surface area contributed by atoms with Crippen LogP contribution in [0.1, 0.15) is 24.8 Å². The molecule has 0 radical (unpaired) electrons. The van der Waals surface area contributed by atoms with Crippen molar-refractivity contribution in [2.75, 3.05) is 0 Å². The third-order valence-electron chi connectivity index (χ3n) is 2.32. The Bertz CT molecular complexity index is 303. The molecule has 3 N–H and O–H groups in total. The number of nitrogens with two attached hydrogens (primary N) is 1. The maximum atomic E-state index is 10.4. The van der Waals surface area contributed by atoms with E-state index in [2.05, 4.69) is 12.1 Å². The number of aryl methyl sites for hydroxylation is 1. The van der Waals surface area contributed by atoms with Crippen LogP contribution < -0.4 is 5.73 Å². The Labute approximate surface area is 102 Å². The number of benzene rings is 1. The molecule has 90 valence electrons. The van der Waals surface area contributed by atoms with E-state index in [1.807, 2.05) is 18.2 Å². The van der Waals surface area contributed by atoms with Gasteiger partial charge in [-0.25, -0.2) is 0 Å². The Hall–Kier alpha value is -1.06. The van der Waals surface area contributed by atoms with Crippen LogP contribution in [0.15, 0.2) is 30.3 Å². The van der Waals surface area contributed by atoms with E-state index < -0.39 is 5.97 Å². The van der Waals surface area contributed by atoms with Crippen LogP contribution in [0.3, 0.4) is 0 Å². The molecule has 16 heavy (non-hydrogen) atoms. The van der Waals surface area contributed by atoms with E-state index in [4.69, 9.17) is 10.8 Å². The molecule has 1 unspecified atom stereocenters. The van der Waals surface area contributed by atoms with E-state index in [1.165, 1.54) is 5.56 Å². The van der Waals surface area contributed by atoms with Crippen molar-refractivity contribution in [1.82, 2.24) is 0 Å². The van der Waals surface area contributed by atoms with Crippen molar-refractivity contribution in [3.05, 3.63) is 35.9 Å². The van der Waals surface area contributed by atoms with E-state index >= 15 is 0 Å². The molecule has 0 aromatic heterocycles. The molecule has 0 saturated heterocycles. The molecule has 0 heterocycles. The van der Waals surface area contributed by atoms with Gasteiger partial charge in [-0.15, -0.1) is 12.4 Å². The van der Waals surface area contributed by atoms with Gasteiger partial charge >= 0.3 is 5.97 Å². The van der Waals surface area contributed by atoms with Crippen LogP contribution >= 0.6 is 12.4 Å². The zero-order valence-electron chi connectivity index (χ0n) is 9.13. The Morgan fingerprint density at radius 2 is 1.94 bits per heavy atom. The van der Waals surface area contributed by atoms with Crippen LogP contribution in [-0.2, 0) is 11.2 Å². The molecule has 4 heteroatoms. The van der Waals surface area contributed by atoms with Crippen molar-refractivity contribution < 1.29 is 9.90 Å². The molecule has 0 bridgehead atoms. The third kappa shape index (κ3) is 6.43. The largest absolute Gasteiger partial charge is 0.481 e. The second kappa shape index (κ2) is 8.13. The van der Waals surface area contributed by atoms with Gasteiger partial charge in [0.1, 0.15) is 0 Å². The predicted molar refractivity (Wildman–Crippen MR) is 66.9 cm³/mol. The molecule has 1 rings (SSSR count). The smallest absolute Gasteiger partial charge is 0.304 e. The van der Waals surface area contributed by atoms with Gasteiger partial charge in [0.25, 0.3) is 0 Å². The standard InChI is InChI=1S/C12H17NO2.ClH/c13-11(9-12(14)15)8-4-7-10-5-2-1-3-6-10;/h1-3,5-6,11H,4,7-9,13H2,(H,14,15);1H. The van der Waals surface area contributed by atoms with Gasteiger partial charge in [0.05, 0.1) is 6.42 Å². The number of carboxylic acid groups (broad SMARTS) is 1. The lowest BCUT2D eigenvalue weighted by Gasteiger charge is -2.08. The normalized spacial score (nSPS) is 11.6. The van der Waals surface area contributed by atoms with Crippen molar-refractivity contribution in [1.29, 1.82) is 0 Å². The lowest BCUT2D eigenvalue weighted by Crippen LogP contribution is -2.23. The maximum absolute atomic E-state index is 10.4. The van der Waals surface area contributed by atoms with Crippen LogP contribution in [0, 0.1) is 0 Å². The second-order valence-electron chi connectivity index (χ2n) is 3.74. The molecule has 0 amide bonds. The van der Waals surface area contributed by atoms with E-state index in [0.717, 1.165) is 19.3 Å². The number of hydrogen-bond donors (Lipinski definition) is 2. The summed E-state index contributed by atoms with van der Waals surface area (Å²) in [5.74, 6) is -0.817. The molecule has 0 aliphatic rings. The predicted octanol–water partition coefficient (Wildman–Crippen LogP) is 2.23. The summed E-state index contributed by atoms with van der Waals surface area (Å²) in [6.07, 6.45) is 2.74. The zero-order chi connectivity index (χ0) is 11.1. The number of carbonyl (C=O) groups is 1. The molecular formula is C12H18ClNO2. The highest BCUT2D eigenvalue weighted by Crippen LogP contribution is 2.07. The molecule has 0 fully saturated rings. The SMILES string of the molecule is Cl.NC(CCCc1ccccc1)CC(=O)O.